The summed E-state index contributed by atoms with van der Waals surface area (Å²) in [4.78, 5) is 41.1. The summed E-state index contributed by atoms with van der Waals surface area (Å²) in [6, 6.07) is 8.71. The predicted molar refractivity (Wildman–Crippen MR) is 156 cm³/mol. The minimum absolute atomic E-state index is 0.0265. The van der Waals surface area contributed by atoms with Gasteiger partial charge in [-0.3, -0.25) is 14.7 Å². The van der Waals surface area contributed by atoms with Crippen molar-refractivity contribution >= 4 is 33.8 Å². The molecule has 39 heavy (non-hydrogen) atoms. The zero-order chi connectivity index (χ0) is 28.6. The lowest BCUT2D eigenvalue weighted by molar-refractivity contribution is -0.145. The lowest BCUT2D eigenvalue weighted by Gasteiger charge is -2.53. The van der Waals surface area contributed by atoms with E-state index in [4.69, 9.17) is 4.74 Å². The van der Waals surface area contributed by atoms with Crippen LogP contribution in [0, 0.1) is 5.92 Å². The molecule has 0 bridgehead atoms. The first kappa shape index (κ1) is 29.0. The van der Waals surface area contributed by atoms with Crippen LogP contribution < -0.4 is 10.6 Å². The van der Waals surface area contributed by atoms with Gasteiger partial charge in [0.2, 0.25) is 5.91 Å². The number of carbonyl (C=O) groups excluding carboxylic acids is 3. The van der Waals surface area contributed by atoms with Crippen molar-refractivity contribution in [3.8, 4) is 0 Å². The number of benzene rings is 1. The van der Waals surface area contributed by atoms with Crippen molar-refractivity contribution in [3.05, 3.63) is 47.2 Å². The zero-order valence-corrected chi connectivity index (χ0v) is 25.0. The number of hydrogen-bond acceptors (Lipinski definition) is 5. The number of ether oxygens (including phenoxy) is 1. The summed E-state index contributed by atoms with van der Waals surface area (Å²) in [6.45, 7) is 8.17. The number of urea groups is 1. The number of amides is 3. The van der Waals surface area contributed by atoms with Gasteiger partial charge < -0.3 is 20.3 Å². The molecule has 1 saturated carbocycles. The number of H-pyrrole nitrogens is 1. The monoisotopic (exact) mass is 557 g/mol. The van der Waals surface area contributed by atoms with E-state index in [0.717, 1.165) is 36.1 Å². The van der Waals surface area contributed by atoms with Crippen LogP contribution in [0.5, 0.6) is 0 Å². The molecule has 1 aliphatic heterocycles. The molecule has 9 nitrogen and oxygen atoms in total. The first-order valence-electron chi connectivity index (χ1n) is 13.6. The number of carbonyl (C=O) groups is 3. The number of anilines is 1. The van der Waals surface area contributed by atoms with Gasteiger partial charge in [0, 0.05) is 12.0 Å². The highest BCUT2D eigenvalue weighted by Crippen LogP contribution is 2.60. The van der Waals surface area contributed by atoms with Crippen molar-refractivity contribution in [1.29, 1.82) is 0 Å². The molecule has 1 aromatic heterocycles. The molecule has 2 aliphatic rings. The van der Waals surface area contributed by atoms with Gasteiger partial charge in [0.25, 0.3) is 0 Å². The molecule has 1 fully saturated rings. The fourth-order valence-corrected chi connectivity index (χ4v) is 7.60. The minimum atomic E-state index is -1.11. The fourth-order valence-electron chi connectivity index (χ4n) is 5.48. The van der Waals surface area contributed by atoms with E-state index in [1.165, 1.54) is 0 Å². The molecule has 1 aliphatic carbocycles. The Labute approximate surface area is 233 Å². The Balaban J connectivity index is 1.50. The van der Waals surface area contributed by atoms with Gasteiger partial charge in [-0.25, -0.2) is 14.8 Å². The van der Waals surface area contributed by atoms with Gasteiger partial charge in [-0.05, 0) is 63.4 Å². The van der Waals surface area contributed by atoms with Crippen LogP contribution in [0.4, 0.5) is 10.6 Å². The molecule has 0 spiro atoms. The minimum Gasteiger partial charge on any atom is -0.463 e. The van der Waals surface area contributed by atoms with Crippen LogP contribution in [0.3, 0.4) is 0 Å². The number of hydrogen-bond donors (Lipinski definition) is 3. The van der Waals surface area contributed by atoms with Gasteiger partial charge in [-0.15, -0.1) is 0 Å². The number of aromatic amines is 1. The number of fused-ring (bicyclic) bond motifs is 1. The van der Waals surface area contributed by atoms with Crippen molar-refractivity contribution in [2.24, 2.45) is 5.92 Å². The molecule has 1 atom stereocenters. The summed E-state index contributed by atoms with van der Waals surface area (Å²) in [5.41, 5.74) is 1.79. The summed E-state index contributed by atoms with van der Waals surface area (Å²) in [5, 5.41) is 13.7. The molecular weight excluding hydrogens is 514 g/mol. The molecule has 3 N–H and O–H groups in total. The molecule has 0 saturated heterocycles. The normalized spacial score (nSPS) is 18.6. The van der Waals surface area contributed by atoms with Crippen molar-refractivity contribution in [2.45, 2.75) is 76.3 Å². The van der Waals surface area contributed by atoms with Crippen LogP contribution in [0.15, 0.2) is 30.3 Å². The quantitative estimate of drug-likeness (QED) is 0.373. The summed E-state index contributed by atoms with van der Waals surface area (Å²) < 4.78 is 5.20. The first-order chi connectivity index (χ1) is 18.3. The topological polar surface area (TPSA) is 116 Å². The summed E-state index contributed by atoms with van der Waals surface area (Å²) in [7, 11) is -1.11. The molecule has 0 radical (unpaired) electrons. The molecule has 1 aromatic carbocycles. The number of nitrogens with one attached hydrogen (secondary N) is 3. The third-order valence-corrected chi connectivity index (χ3v) is 11.1. The Morgan fingerprint density at radius 1 is 1.13 bits per heavy atom. The van der Waals surface area contributed by atoms with E-state index in [-0.39, 0.29) is 35.2 Å². The highest BCUT2D eigenvalue weighted by atomic mass is 32.3. The van der Waals surface area contributed by atoms with Crippen LogP contribution in [0.2, 0.25) is 0 Å². The summed E-state index contributed by atoms with van der Waals surface area (Å²) >= 11 is 0. The van der Waals surface area contributed by atoms with Crippen LogP contribution in [0.25, 0.3) is 0 Å². The maximum atomic E-state index is 13.7. The Morgan fingerprint density at radius 3 is 2.36 bits per heavy atom. The standard InChI is InChI=1S/C29H43N5O4S/c1-19(2)16-23(35)38-18-22(20-12-9-8-10-13-20)30-27(37)34-17-21-24(28(34,3)4)32-33-25(21)31-26(36)29(14-11-15-29)39(5,6)7/h8-10,12-13,19,22H,11,14-18H2,1-7H3,(H,30,37)(H2,31,32,33,36)/t22-/m1/s1. The van der Waals surface area contributed by atoms with Crippen LogP contribution >= 0.6 is 10.0 Å². The average molecular weight is 558 g/mol. The Hall–Kier alpha value is -3.01. The lowest BCUT2D eigenvalue weighted by atomic mass is 9.83. The Morgan fingerprint density at radius 2 is 1.79 bits per heavy atom. The van der Waals surface area contributed by atoms with E-state index in [1.54, 1.807) is 4.90 Å². The van der Waals surface area contributed by atoms with Gasteiger partial charge in [0.1, 0.15) is 6.61 Å². The maximum absolute atomic E-state index is 13.7. The maximum Gasteiger partial charge on any atom is 0.319 e. The van der Waals surface area contributed by atoms with Gasteiger partial charge in [-0.1, -0.05) is 44.2 Å². The molecule has 0 unspecified atom stereocenters. The highest BCUT2D eigenvalue weighted by molar-refractivity contribution is 8.33. The Bertz CT molecular complexity index is 1210. The third-order valence-electron chi connectivity index (χ3n) is 8.18. The first-order valence-corrected chi connectivity index (χ1v) is 16.5. The smallest absolute Gasteiger partial charge is 0.319 e. The third kappa shape index (κ3) is 5.66. The fraction of sp³-hybridized carbons (Fsp3) is 0.586. The molecule has 10 heteroatoms. The summed E-state index contributed by atoms with van der Waals surface area (Å²) in [6.07, 6.45) is 9.76. The molecule has 2 aromatic rings. The largest absolute Gasteiger partial charge is 0.463 e. The second-order valence-electron chi connectivity index (χ2n) is 12.4. The van der Waals surface area contributed by atoms with E-state index in [2.05, 4.69) is 39.6 Å². The molecular formula is C29H43N5O4S. The van der Waals surface area contributed by atoms with Gasteiger partial charge >= 0.3 is 12.0 Å². The average Bonchev–Trinajstić information content (AvgIpc) is 3.32. The molecule has 214 valence electrons. The lowest BCUT2D eigenvalue weighted by Crippen LogP contribution is -2.51. The van der Waals surface area contributed by atoms with Gasteiger partial charge in [0.05, 0.1) is 28.6 Å². The second kappa shape index (κ2) is 10.9. The number of esters is 1. The number of aromatic nitrogens is 2. The second-order valence-corrected chi connectivity index (χ2v) is 16.9. The van der Waals surface area contributed by atoms with E-state index in [1.807, 2.05) is 58.0 Å². The predicted octanol–water partition coefficient (Wildman–Crippen LogP) is 5.06. The van der Waals surface area contributed by atoms with Crippen molar-refractivity contribution in [3.63, 3.8) is 0 Å². The Kier molecular flexibility index (Phi) is 8.08. The van der Waals surface area contributed by atoms with E-state index in [0.29, 0.717) is 18.8 Å². The van der Waals surface area contributed by atoms with Crippen molar-refractivity contribution < 1.29 is 19.1 Å². The van der Waals surface area contributed by atoms with E-state index in [9.17, 15) is 14.4 Å². The molecule has 2 heterocycles. The van der Waals surface area contributed by atoms with Crippen molar-refractivity contribution in [2.75, 3.05) is 30.7 Å². The SMILES string of the molecule is CC(C)CC(=O)OC[C@@H](NC(=O)N1Cc2c(NC(=O)C3(S(C)(C)C)CCC3)n[nH]c2C1(C)C)c1ccccc1. The van der Waals surface area contributed by atoms with Crippen LogP contribution in [-0.4, -0.2) is 63.1 Å². The molecule has 3 amide bonds. The molecule has 4 rings (SSSR count). The van der Waals surface area contributed by atoms with Gasteiger partial charge in [-0.2, -0.15) is 5.10 Å². The van der Waals surface area contributed by atoms with E-state index < -0.39 is 21.6 Å². The summed E-state index contributed by atoms with van der Waals surface area (Å²) in [5.74, 6) is 0.424. The number of nitrogens with zero attached hydrogens (tertiary/aromatic N) is 2. The van der Waals surface area contributed by atoms with Crippen LogP contribution in [0.1, 0.15) is 76.2 Å². The van der Waals surface area contributed by atoms with Crippen molar-refractivity contribution in [1.82, 2.24) is 20.4 Å². The highest BCUT2D eigenvalue weighted by Gasteiger charge is 2.51. The van der Waals surface area contributed by atoms with Crippen LogP contribution in [-0.2, 0) is 26.4 Å². The van der Waals surface area contributed by atoms with E-state index >= 15 is 0 Å². The van der Waals surface area contributed by atoms with Gasteiger partial charge in [0.15, 0.2) is 5.82 Å². The zero-order valence-electron chi connectivity index (χ0n) is 24.2. The number of rotatable bonds is 9.